The Labute approximate surface area is 112 Å². The van der Waals surface area contributed by atoms with Gasteiger partial charge < -0.3 is 14.8 Å². The molecule has 0 saturated carbocycles. The molecule has 0 unspecified atom stereocenters. The molecule has 1 aromatic rings. The van der Waals surface area contributed by atoms with Gasteiger partial charge in [0.15, 0.2) is 5.76 Å². The van der Waals surface area contributed by atoms with E-state index in [1.807, 2.05) is 0 Å². The molecular weight excluding hydrogens is 280 g/mol. The van der Waals surface area contributed by atoms with Crippen LogP contribution in [0.1, 0.15) is 29.2 Å². The average molecular weight is 293 g/mol. The topological polar surface area (TPSA) is 79.5 Å². The summed E-state index contributed by atoms with van der Waals surface area (Å²) in [5, 5.41) is 10.9. The van der Waals surface area contributed by atoms with Crippen LogP contribution in [0.2, 0.25) is 0 Å². The monoisotopic (exact) mass is 293 g/mol. The molecule has 0 saturated heterocycles. The number of carboxylic acid groups (broad SMARTS) is 1. The molecule has 0 atom stereocenters. The van der Waals surface area contributed by atoms with Gasteiger partial charge in [-0.1, -0.05) is 11.8 Å². The standard InChI is InChI=1S/C11H13F2NO4S/c12-11(13)19-6-7-3-4-8(18-7)10(17)14-5-1-2-9(15)16/h3-4,11H,1-2,5-6H2,(H,14,17)(H,15,16). The van der Waals surface area contributed by atoms with E-state index in [2.05, 4.69) is 5.32 Å². The van der Waals surface area contributed by atoms with Crippen molar-refractivity contribution in [2.24, 2.45) is 0 Å². The Morgan fingerprint density at radius 1 is 1.42 bits per heavy atom. The molecule has 0 radical (unpaired) electrons. The lowest BCUT2D eigenvalue weighted by Crippen LogP contribution is -2.24. The van der Waals surface area contributed by atoms with Gasteiger partial charge in [0.1, 0.15) is 5.76 Å². The van der Waals surface area contributed by atoms with Crippen molar-refractivity contribution in [3.63, 3.8) is 0 Å². The smallest absolute Gasteiger partial charge is 0.303 e. The van der Waals surface area contributed by atoms with E-state index in [4.69, 9.17) is 9.52 Å². The average Bonchev–Trinajstić information content (AvgIpc) is 2.80. The third-order valence-corrected chi connectivity index (χ3v) is 2.79. The van der Waals surface area contributed by atoms with E-state index in [1.165, 1.54) is 12.1 Å². The SMILES string of the molecule is O=C(O)CCCNC(=O)c1ccc(CSC(F)F)o1. The predicted octanol–water partition coefficient (Wildman–Crippen LogP) is 2.33. The van der Waals surface area contributed by atoms with Gasteiger partial charge in [-0.15, -0.1) is 0 Å². The molecule has 1 rings (SSSR count). The summed E-state index contributed by atoms with van der Waals surface area (Å²) in [4.78, 5) is 21.8. The van der Waals surface area contributed by atoms with Crippen LogP contribution in [-0.2, 0) is 10.5 Å². The highest BCUT2D eigenvalue weighted by Crippen LogP contribution is 2.21. The Morgan fingerprint density at radius 2 is 2.16 bits per heavy atom. The van der Waals surface area contributed by atoms with E-state index in [9.17, 15) is 18.4 Å². The lowest BCUT2D eigenvalue weighted by Gasteiger charge is -2.01. The molecule has 1 amide bonds. The fourth-order valence-electron chi connectivity index (χ4n) is 1.25. The molecule has 1 aromatic heterocycles. The molecule has 106 valence electrons. The van der Waals surface area contributed by atoms with Crippen LogP contribution in [0.25, 0.3) is 0 Å². The molecule has 0 aliphatic carbocycles. The van der Waals surface area contributed by atoms with Crippen molar-refractivity contribution in [1.29, 1.82) is 0 Å². The molecule has 8 heteroatoms. The van der Waals surface area contributed by atoms with Crippen molar-refractivity contribution in [3.8, 4) is 0 Å². The number of carbonyl (C=O) groups is 2. The minimum atomic E-state index is -2.49. The van der Waals surface area contributed by atoms with Crippen LogP contribution in [0.4, 0.5) is 8.78 Å². The number of nitrogens with one attached hydrogen (secondary N) is 1. The van der Waals surface area contributed by atoms with E-state index < -0.39 is 17.6 Å². The van der Waals surface area contributed by atoms with E-state index >= 15 is 0 Å². The number of rotatable bonds is 8. The second-order valence-corrected chi connectivity index (χ2v) is 4.57. The Kier molecular flexibility index (Phi) is 6.34. The first-order valence-electron chi connectivity index (χ1n) is 5.47. The van der Waals surface area contributed by atoms with Crippen molar-refractivity contribution >= 4 is 23.6 Å². The minimum absolute atomic E-state index is 0.00996. The van der Waals surface area contributed by atoms with Gasteiger partial charge in [-0.3, -0.25) is 9.59 Å². The highest BCUT2D eigenvalue weighted by molar-refractivity contribution is 7.98. The molecule has 0 fully saturated rings. The number of amides is 1. The summed E-state index contributed by atoms with van der Waals surface area (Å²) in [6.45, 7) is 0.215. The van der Waals surface area contributed by atoms with E-state index in [0.717, 1.165) is 0 Å². The summed E-state index contributed by atoms with van der Waals surface area (Å²) in [7, 11) is 0. The molecule has 0 bridgehead atoms. The van der Waals surface area contributed by atoms with Crippen molar-refractivity contribution in [2.75, 3.05) is 6.54 Å². The summed E-state index contributed by atoms with van der Waals surface area (Å²) < 4.78 is 29.0. The quantitative estimate of drug-likeness (QED) is 0.719. The first kappa shape index (κ1) is 15.5. The van der Waals surface area contributed by atoms with Crippen LogP contribution in [0.15, 0.2) is 16.5 Å². The fraction of sp³-hybridized carbons (Fsp3) is 0.455. The molecule has 1 heterocycles. The molecule has 19 heavy (non-hydrogen) atoms. The number of carboxylic acids is 1. The number of furan rings is 1. The second-order valence-electron chi connectivity index (χ2n) is 3.59. The lowest BCUT2D eigenvalue weighted by molar-refractivity contribution is -0.137. The number of thioether (sulfide) groups is 1. The van der Waals surface area contributed by atoms with Crippen LogP contribution in [-0.4, -0.2) is 29.3 Å². The third-order valence-electron chi connectivity index (χ3n) is 2.09. The van der Waals surface area contributed by atoms with Crippen LogP contribution in [0.5, 0.6) is 0 Å². The Morgan fingerprint density at radius 3 is 2.79 bits per heavy atom. The first-order chi connectivity index (χ1) is 8.99. The maximum absolute atomic E-state index is 12.0. The first-order valence-corrected chi connectivity index (χ1v) is 6.52. The number of hydrogen-bond donors (Lipinski definition) is 2. The summed E-state index contributed by atoms with van der Waals surface area (Å²) in [5.41, 5.74) is 0. The van der Waals surface area contributed by atoms with Gasteiger partial charge >= 0.3 is 5.97 Å². The van der Waals surface area contributed by atoms with Crippen molar-refractivity contribution < 1.29 is 27.9 Å². The zero-order valence-corrected chi connectivity index (χ0v) is 10.7. The van der Waals surface area contributed by atoms with E-state index in [-0.39, 0.29) is 24.5 Å². The van der Waals surface area contributed by atoms with Crippen LogP contribution >= 0.6 is 11.8 Å². The Hall–Kier alpha value is -1.57. The van der Waals surface area contributed by atoms with E-state index in [1.54, 1.807) is 0 Å². The van der Waals surface area contributed by atoms with Gasteiger partial charge in [-0.05, 0) is 18.6 Å². The van der Waals surface area contributed by atoms with Crippen LogP contribution < -0.4 is 5.32 Å². The van der Waals surface area contributed by atoms with Crippen molar-refractivity contribution in [2.45, 2.75) is 24.4 Å². The zero-order chi connectivity index (χ0) is 14.3. The molecule has 5 nitrogen and oxygen atoms in total. The highest BCUT2D eigenvalue weighted by atomic mass is 32.2. The number of aliphatic carboxylic acids is 1. The minimum Gasteiger partial charge on any atom is -0.481 e. The maximum atomic E-state index is 12.0. The van der Waals surface area contributed by atoms with Crippen molar-refractivity contribution in [3.05, 3.63) is 23.7 Å². The van der Waals surface area contributed by atoms with Crippen LogP contribution in [0.3, 0.4) is 0 Å². The number of alkyl halides is 2. The summed E-state index contributed by atoms with van der Waals surface area (Å²) in [5.74, 6) is -3.60. The normalized spacial score (nSPS) is 10.7. The molecule has 0 aliphatic rings. The number of carbonyl (C=O) groups excluding carboxylic acids is 1. The molecule has 2 N–H and O–H groups in total. The largest absolute Gasteiger partial charge is 0.481 e. The predicted molar refractivity (Wildman–Crippen MR) is 65.2 cm³/mol. The van der Waals surface area contributed by atoms with Gasteiger partial charge in [0.2, 0.25) is 0 Å². The van der Waals surface area contributed by atoms with Gasteiger partial charge in [-0.25, -0.2) is 0 Å². The van der Waals surface area contributed by atoms with E-state index in [0.29, 0.717) is 23.9 Å². The zero-order valence-electron chi connectivity index (χ0n) is 9.90. The summed E-state index contributed by atoms with van der Waals surface area (Å²) in [6, 6.07) is 2.86. The summed E-state index contributed by atoms with van der Waals surface area (Å²) in [6.07, 6.45) is 0.282. The van der Waals surface area contributed by atoms with Gasteiger partial charge in [0.05, 0.1) is 5.75 Å². The lowest BCUT2D eigenvalue weighted by atomic mass is 10.3. The third kappa shape index (κ3) is 6.23. The molecule has 0 aromatic carbocycles. The molecule has 0 aliphatic heterocycles. The summed E-state index contributed by atoms with van der Waals surface area (Å²) >= 11 is 0.410. The van der Waals surface area contributed by atoms with Crippen molar-refractivity contribution in [1.82, 2.24) is 5.32 Å². The van der Waals surface area contributed by atoms with Crippen LogP contribution in [0, 0.1) is 0 Å². The Bertz CT molecular complexity index is 436. The maximum Gasteiger partial charge on any atom is 0.303 e. The fourth-order valence-corrected chi connectivity index (χ4v) is 1.70. The van der Waals surface area contributed by atoms with Gasteiger partial charge in [0, 0.05) is 13.0 Å². The molecule has 0 spiro atoms. The van der Waals surface area contributed by atoms with Gasteiger partial charge in [0.25, 0.3) is 11.7 Å². The van der Waals surface area contributed by atoms with Gasteiger partial charge in [-0.2, -0.15) is 8.78 Å². The number of hydrogen-bond acceptors (Lipinski definition) is 4. The number of halogens is 2. The Balaban J connectivity index is 2.34. The highest BCUT2D eigenvalue weighted by Gasteiger charge is 2.12. The second kappa shape index (κ2) is 7.78. The molecular formula is C11H13F2NO4S.